The molecular formula is C13H14F2N2O3. The number of benzene rings is 1. The third-order valence-electron chi connectivity index (χ3n) is 2.95. The number of likely N-dealkylation sites (N-methyl/N-ethyl adjacent to an activating group) is 1. The van der Waals surface area contributed by atoms with E-state index in [4.69, 9.17) is 4.74 Å². The normalized spacial score (nSPS) is 18.1. The van der Waals surface area contributed by atoms with Crippen LogP contribution in [0.4, 0.5) is 19.3 Å². The fourth-order valence-corrected chi connectivity index (χ4v) is 1.89. The van der Waals surface area contributed by atoms with Crippen molar-refractivity contribution in [2.75, 3.05) is 18.9 Å². The van der Waals surface area contributed by atoms with Gasteiger partial charge in [-0.2, -0.15) is 0 Å². The van der Waals surface area contributed by atoms with Gasteiger partial charge in [-0.25, -0.2) is 13.6 Å². The largest absolute Gasteiger partial charge is 0.444 e. The molecule has 0 saturated carbocycles. The quantitative estimate of drug-likeness (QED) is 0.921. The van der Waals surface area contributed by atoms with E-state index in [9.17, 15) is 18.4 Å². The summed E-state index contributed by atoms with van der Waals surface area (Å²) in [5.41, 5.74) is 0.189. The van der Waals surface area contributed by atoms with Gasteiger partial charge >= 0.3 is 6.09 Å². The average molecular weight is 284 g/mol. The summed E-state index contributed by atoms with van der Waals surface area (Å²) in [6.45, 7) is 0.442. The summed E-state index contributed by atoms with van der Waals surface area (Å²) in [4.78, 5) is 24.2. The molecule has 1 heterocycles. The number of halogens is 2. The van der Waals surface area contributed by atoms with Gasteiger partial charge in [-0.1, -0.05) is 0 Å². The first kappa shape index (κ1) is 14.2. The molecule has 108 valence electrons. The first-order chi connectivity index (χ1) is 9.45. The number of nitrogens with one attached hydrogen (secondary N) is 1. The molecule has 20 heavy (non-hydrogen) atoms. The molecular weight excluding hydrogens is 270 g/mol. The highest BCUT2D eigenvalue weighted by Crippen LogP contribution is 2.16. The van der Waals surface area contributed by atoms with Crippen molar-refractivity contribution in [2.24, 2.45) is 0 Å². The summed E-state index contributed by atoms with van der Waals surface area (Å²) in [6.07, 6.45) is -0.213. The van der Waals surface area contributed by atoms with E-state index >= 15 is 0 Å². The van der Waals surface area contributed by atoms with Gasteiger partial charge in [0.25, 0.3) is 0 Å². The van der Waals surface area contributed by atoms with Crippen molar-refractivity contribution < 1.29 is 23.1 Å². The van der Waals surface area contributed by atoms with Crippen molar-refractivity contribution in [3.05, 3.63) is 29.8 Å². The van der Waals surface area contributed by atoms with Crippen LogP contribution in [0.25, 0.3) is 0 Å². The van der Waals surface area contributed by atoms with Crippen LogP contribution in [0.5, 0.6) is 0 Å². The van der Waals surface area contributed by atoms with Crippen molar-refractivity contribution in [3.8, 4) is 0 Å². The van der Waals surface area contributed by atoms with Gasteiger partial charge in [0.1, 0.15) is 6.10 Å². The number of hydrogen-bond donors (Lipinski definition) is 1. The van der Waals surface area contributed by atoms with Gasteiger partial charge in [-0.3, -0.25) is 4.79 Å². The van der Waals surface area contributed by atoms with Crippen LogP contribution in [0.2, 0.25) is 0 Å². The summed E-state index contributed by atoms with van der Waals surface area (Å²) in [5.74, 6) is -2.33. The van der Waals surface area contributed by atoms with E-state index in [0.29, 0.717) is 13.0 Å². The van der Waals surface area contributed by atoms with Gasteiger partial charge in [0, 0.05) is 25.2 Å². The smallest absolute Gasteiger partial charge is 0.409 e. The third-order valence-corrected chi connectivity index (χ3v) is 2.95. The van der Waals surface area contributed by atoms with Gasteiger partial charge < -0.3 is 15.0 Å². The highest BCUT2D eigenvalue weighted by Gasteiger charge is 2.28. The molecule has 0 spiro atoms. The molecule has 0 aromatic heterocycles. The zero-order valence-corrected chi connectivity index (χ0v) is 10.9. The van der Waals surface area contributed by atoms with Crippen LogP contribution >= 0.6 is 0 Å². The molecule has 1 aromatic carbocycles. The maximum absolute atomic E-state index is 13.0. The van der Waals surface area contributed by atoms with E-state index in [-0.39, 0.29) is 24.1 Å². The summed E-state index contributed by atoms with van der Waals surface area (Å²) in [6, 6.07) is 3.13. The van der Waals surface area contributed by atoms with E-state index in [1.807, 2.05) is 0 Å². The average Bonchev–Trinajstić information content (AvgIpc) is 2.71. The van der Waals surface area contributed by atoms with E-state index in [1.165, 1.54) is 11.0 Å². The predicted octanol–water partition coefficient (Wildman–Crippen LogP) is 2.13. The molecule has 0 bridgehead atoms. The summed E-state index contributed by atoms with van der Waals surface area (Å²) >= 11 is 0. The van der Waals surface area contributed by atoms with E-state index in [2.05, 4.69) is 5.32 Å². The molecule has 0 aliphatic carbocycles. The first-order valence-electron chi connectivity index (χ1n) is 6.12. The predicted molar refractivity (Wildman–Crippen MR) is 67.1 cm³/mol. The lowest BCUT2D eigenvalue weighted by atomic mass is 10.2. The van der Waals surface area contributed by atoms with Crippen molar-refractivity contribution >= 4 is 17.7 Å². The molecule has 1 aliphatic heterocycles. The minimum absolute atomic E-state index is 0.130. The summed E-state index contributed by atoms with van der Waals surface area (Å²) < 4.78 is 30.7. The molecule has 2 rings (SSSR count). The molecule has 5 nitrogen and oxygen atoms in total. The second-order valence-corrected chi connectivity index (χ2v) is 4.60. The number of amides is 2. The summed E-state index contributed by atoms with van der Waals surface area (Å²) in [5, 5.41) is 2.46. The molecule has 1 atom stereocenters. The van der Waals surface area contributed by atoms with Crippen LogP contribution in [0.15, 0.2) is 18.2 Å². The number of hydrogen-bond acceptors (Lipinski definition) is 3. The van der Waals surface area contributed by atoms with Crippen molar-refractivity contribution in [1.29, 1.82) is 0 Å². The number of rotatable bonds is 4. The number of nitrogens with zero attached hydrogens (tertiary/aromatic N) is 1. The molecule has 2 amide bonds. The van der Waals surface area contributed by atoms with Crippen molar-refractivity contribution in [2.45, 2.75) is 18.9 Å². The number of cyclic esters (lactones) is 1. The van der Waals surface area contributed by atoms with E-state index < -0.39 is 17.7 Å². The lowest BCUT2D eigenvalue weighted by Crippen LogP contribution is -2.20. The number of carbonyl (C=O) groups excluding carboxylic acids is 2. The number of carbonyl (C=O) groups is 2. The van der Waals surface area contributed by atoms with Crippen LogP contribution in [0, 0.1) is 11.6 Å². The van der Waals surface area contributed by atoms with Crippen LogP contribution in [0.3, 0.4) is 0 Å². The minimum atomic E-state index is -1.02. The molecule has 1 aromatic rings. The Balaban J connectivity index is 1.81. The Morgan fingerprint density at radius 3 is 2.80 bits per heavy atom. The Morgan fingerprint density at radius 1 is 1.45 bits per heavy atom. The molecule has 0 radical (unpaired) electrons. The zero-order valence-electron chi connectivity index (χ0n) is 10.9. The maximum Gasteiger partial charge on any atom is 0.409 e. The molecule has 7 heteroatoms. The Hall–Kier alpha value is -2.18. The lowest BCUT2D eigenvalue weighted by Gasteiger charge is -2.08. The van der Waals surface area contributed by atoms with Crippen molar-refractivity contribution in [1.82, 2.24) is 4.90 Å². The molecule has 1 fully saturated rings. The third kappa shape index (κ3) is 3.43. The summed E-state index contributed by atoms with van der Waals surface area (Å²) in [7, 11) is 1.61. The Labute approximate surface area is 114 Å². The van der Waals surface area contributed by atoms with Gasteiger partial charge in [0.2, 0.25) is 5.91 Å². The number of ether oxygens (including phenoxy) is 1. The Bertz CT molecular complexity index is 536. The fourth-order valence-electron chi connectivity index (χ4n) is 1.89. The highest BCUT2D eigenvalue weighted by molar-refractivity contribution is 5.90. The Kier molecular flexibility index (Phi) is 4.16. The van der Waals surface area contributed by atoms with Crippen LogP contribution in [0.1, 0.15) is 12.8 Å². The van der Waals surface area contributed by atoms with Gasteiger partial charge in [-0.05, 0) is 18.6 Å². The Morgan fingerprint density at radius 2 is 2.20 bits per heavy atom. The van der Waals surface area contributed by atoms with E-state index in [1.54, 1.807) is 7.05 Å². The fraction of sp³-hybridized carbons (Fsp3) is 0.385. The molecule has 1 saturated heterocycles. The van der Waals surface area contributed by atoms with Crippen molar-refractivity contribution in [3.63, 3.8) is 0 Å². The minimum Gasteiger partial charge on any atom is -0.444 e. The second kappa shape index (κ2) is 5.85. The second-order valence-electron chi connectivity index (χ2n) is 4.60. The SMILES string of the molecule is CN1CC(CCC(=O)Nc2ccc(F)c(F)c2)OC1=O. The number of anilines is 1. The van der Waals surface area contributed by atoms with E-state index in [0.717, 1.165) is 12.1 Å². The van der Waals surface area contributed by atoms with Crippen LogP contribution < -0.4 is 5.32 Å². The maximum atomic E-state index is 13.0. The van der Waals surface area contributed by atoms with Gasteiger partial charge in [0.05, 0.1) is 6.54 Å². The van der Waals surface area contributed by atoms with Gasteiger partial charge in [0.15, 0.2) is 11.6 Å². The first-order valence-corrected chi connectivity index (χ1v) is 6.12. The molecule has 1 aliphatic rings. The standard InChI is InChI=1S/C13H14F2N2O3/c1-17-7-9(20-13(17)19)3-5-12(18)16-8-2-4-10(14)11(15)6-8/h2,4,6,9H,3,5,7H2,1H3,(H,16,18). The van der Waals surface area contributed by atoms with Crippen LogP contribution in [-0.4, -0.2) is 36.6 Å². The monoisotopic (exact) mass is 284 g/mol. The van der Waals surface area contributed by atoms with Crippen LogP contribution in [-0.2, 0) is 9.53 Å². The molecule has 1 unspecified atom stereocenters. The van der Waals surface area contributed by atoms with Gasteiger partial charge in [-0.15, -0.1) is 0 Å². The molecule has 1 N–H and O–H groups in total. The highest BCUT2D eigenvalue weighted by atomic mass is 19.2. The lowest BCUT2D eigenvalue weighted by molar-refractivity contribution is -0.116. The zero-order chi connectivity index (χ0) is 14.7. The topological polar surface area (TPSA) is 58.6 Å².